The Morgan fingerprint density at radius 1 is 0.902 bits per heavy atom. The van der Waals surface area contributed by atoms with E-state index in [4.69, 9.17) is 23.2 Å². The molecule has 3 aromatic carbocycles. The van der Waals surface area contributed by atoms with Crippen LogP contribution in [0.1, 0.15) is 43.4 Å². The summed E-state index contributed by atoms with van der Waals surface area (Å²) in [6.07, 6.45) is 3.54. The quantitative estimate of drug-likeness (QED) is 0.229. The largest absolute Gasteiger partial charge is 0.354 e. The number of amides is 2. The average Bonchev–Trinajstić information content (AvgIpc) is 2.94. The lowest BCUT2D eigenvalue weighted by molar-refractivity contribution is -0.140. The number of sulfonamides is 1. The standard InChI is InChI=1S/C31H37Cl2N3O4S/c1-4-6-19-34-31(38)29(20-23-13-8-7-9-14-23)35(21-25-26(32)16-12-17-27(25)33)30(37)22-36(41(3,39)40)28-18-11-10-15-24(28)5-2/h7-18,29H,4-6,19-22H2,1-3H3,(H,34,38)/t29-/m1/s1. The van der Waals surface area contributed by atoms with Gasteiger partial charge in [0, 0.05) is 35.1 Å². The molecule has 3 aromatic rings. The maximum Gasteiger partial charge on any atom is 0.244 e. The van der Waals surface area contributed by atoms with Crippen molar-refractivity contribution in [3.63, 3.8) is 0 Å². The van der Waals surface area contributed by atoms with Gasteiger partial charge < -0.3 is 10.2 Å². The van der Waals surface area contributed by atoms with Crippen molar-refractivity contribution in [3.05, 3.63) is 99.5 Å². The number of aryl methyl sites for hydroxylation is 1. The highest BCUT2D eigenvalue weighted by Gasteiger charge is 2.34. The van der Waals surface area contributed by atoms with Crippen LogP contribution in [0.3, 0.4) is 0 Å². The summed E-state index contributed by atoms with van der Waals surface area (Å²) < 4.78 is 27.2. The van der Waals surface area contributed by atoms with E-state index in [1.807, 2.05) is 56.3 Å². The minimum absolute atomic E-state index is 0.0803. The van der Waals surface area contributed by atoms with Gasteiger partial charge in [0.15, 0.2) is 0 Å². The minimum atomic E-state index is -3.86. The Labute approximate surface area is 253 Å². The topological polar surface area (TPSA) is 86.8 Å². The predicted molar refractivity (Wildman–Crippen MR) is 167 cm³/mol. The number of rotatable bonds is 14. The number of halogens is 2. The maximum atomic E-state index is 14.2. The number of benzene rings is 3. The first kappa shape index (κ1) is 32.4. The molecule has 10 heteroatoms. The van der Waals surface area contributed by atoms with Gasteiger partial charge in [0.2, 0.25) is 21.8 Å². The van der Waals surface area contributed by atoms with Crippen molar-refractivity contribution < 1.29 is 18.0 Å². The first-order valence-electron chi connectivity index (χ1n) is 13.7. The molecule has 0 heterocycles. The molecule has 0 aliphatic rings. The van der Waals surface area contributed by atoms with Gasteiger partial charge in [-0.25, -0.2) is 8.42 Å². The van der Waals surface area contributed by atoms with Gasteiger partial charge in [-0.2, -0.15) is 0 Å². The van der Waals surface area contributed by atoms with E-state index < -0.39 is 28.5 Å². The van der Waals surface area contributed by atoms with Crippen molar-refractivity contribution >= 4 is 50.7 Å². The highest BCUT2D eigenvalue weighted by molar-refractivity contribution is 7.92. The van der Waals surface area contributed by atoms with Crippen molar-refractivity contribution in [2.45, 2.75) is 52.1 Å². The molecule has 0 aromatic heterocycles. The molecule has 0 fully saturated rings. The SMILES string of the molecule is CCCCNC(=O)[C@@H](Cc1ccccc1)N(Cc1c(Cl)cccc1Cl)C(=O)CN(c1ccccc1CC)S(C)(=O)=O. The molecule has 0 aliphatic heterocycles. The van der Waals surface area contributed by atoms with Crippen molar-refractivity contribution in [1.29, 1.82) is 0 Å². The van der Waals surface area contributed by atoms with E-state index in [-0.39, 0.29) is 18.9 Å². The van der Waals surface area contributed by atoms with E-state index in [2.05, 4.69) is 5.32 Å². The van der Waals surface area contributed by atoms with Crippen LogP contribution in [0.5, 0.6) is 0 Å². The van der Waals surface area contributed by atoms with Crippen molar-refractivity contribution in [2.24, 2.45) is 0 Å². The first-order chi connectivity index (χ1) is 19.6. The monoisotopic (exact) mass is 617 g/mol. The van der Waals surface area contributed by atoms with Crippen LogP contribution in [0.2, 0.25) is 10.0 Å². The molecule has 0 saturated carbocycles. The summed E-state index contributed by atoms with van der Waals surface area (Å²) in [4.78, 5) is 29.3. The fourth-order valence-electron chi connectivity index (χ4n) is 4.56. The molecule has 41 heavy (non-hydrogen) atoms. The maximum absolute atomic E-state index is 14.2. The van der Waals surface area contributed by atoms with Crippen molar-refractivity contribution in [2.75, 3.05) is 23.7 Å². The molecule has 0 aliphatic carbocycles. The Bertz CT molecular complexity index is 1410. The zero-order valence-corrected chi connectivity index (χ0v) is 26.0. The summed E-state index contributed by atoms with van der Waals surface area (Å²) in [5.41, 5.74) is 2.53. The number of carbonyl (C=O) groups excluding carboxylic acids is 2. The van der Waals surface area contributed by atoms with Crippen LogP contribution >= 0.6 is 23.2 Å². The molecule has 0 unspecified atom stereocenters. The number of para-hydroxylation sites is 1. The Hall–Kier alpha value is -3.07. The Morgan fingerprint density at radius 2 is 1.54 bits per heavy atom. The van der Waals surface area contributed by atoms with E-state index in [0.717, 1.165) is 34.5 Å². The molecular weight excluding hydrogens is 581 g/mol. The smallest absolute Gasteiger partial charge is 0.244 e. The average molecular weight is 619 g/mol. The Kier molecular flexibility index (Phi) is 12.1. The molecule has 0 spiro atoms. The van der Waals surface area contributed by atoms with Crippen molar-refractivity contribution in [3.8, 4) is 0 Å². The second kappa shape index (κ2) is 15.2. The van der Waals surface area contributed by atoms with Gasteiger partial charge >= 0.3 is 0 Å². The molecular formula is C31H37Cl2N3O4S. The lowest BCUT2D eigenvalue weighted by Gasteiger charge is -2.34. The van der Waals surface area contributed by atoms with Crippen LogP contribution in [0, 0.1) is 0 Å². The second-order valence-corrected chi connectivity index (χ2v) is 12.5. The van der Waals surface area contributed by atoms with Crippen LogP contribution in [-0.4, -0.2) is 50.5 Å². The van der Waals surface area contributed by atoms with Crippen LogP contribution in [0.4, 0.5) is 5.69 Å². The molecule has 0 bridgehead atoms. The van der Waals surface area contributed by atoms with Gasteiger partial charge in [-0.3, -0.25) is 13.9 Å². The number of anilines is 1. The van der Waals surface area contributed by atoms with Gasteiger partial charge in [-0.1, -0.05) is 98.1 Å². The zero-order valence-electron chi connectivity index (χ0n) is 23.6. The number of hydrogen-bond donors (Lipinski definition) is 1. The number of carbonyl (C=O) groups is 2. The molecule has 0 radical (unpaired) electrons. The zero-order chi connectivity index (χ0) is 30.0. The number of hydrogen-bond acceptors (Lipinski definition) is 4. The highest BCUT2D eigenvalue weighted by atomic mass is 35.5. The summed E-state index contributed by atoms with van der Waals surface area (Å²) in [5.74, 6) is -0.886. The Morgan fingerprint density at radius 3 is 2.15 bits per heavy atom. The molecule has 1 atom stereocenters. The van der Waals surface area contributed by atoms with Crippen LogP contribution in [0.25, 0.3) is 0 Å². The van der Waals surface area contributed by atoms with Crippen LogP contribution in [-0.2, 0) is 39.0 Å². The van der Waals surface area contributed by atoms with Gasteiger partial charge in [0.05, 0.1) is 11.9 Å². The molecule has 2 amide bonds. The molecule has 7 nitrogen and oxygen atoms in total. The summed E-state index contributed by atoms with van der Waals surface area (Å²) in [6.45, 7) is 3.82. The van der Waals surface area contributed by atoms with Crippen LogP contribution in [0.15, 0.2) is 72.8 Å². The third kappa shape index (κ3) is 8.96. The molecule has 0 saturated heterocycles. The third-order valence-electron chi connectivity index (χ3n) is 6.81. The van der Waals surface area contributed by atoms with E-state index in [0.29, 0.717) is 34.3 Å². The van der Waals surface area contributed by atoms with Crippen LogP contribution < -0.4 is 9.62 Å². The second-order valence-electron chi connectivity index (χ2n) is 9.82. The number of nitrogens with zero attached hydrogens (tertiary/aromatic N) is 2. The summed E-state index contributed by atoms with van der Waals surface area (Å²) in [6, 6.07) is 20.5. The lowest BCUT2D eigenvalue weighted by atomic mass is 10.0. The number of nitrogens with one attached hydrogen (secondary N) is 1. The van der Waals surface area contributed by atoms with Crippen molar-refractivity contribution in [1.82, 2.24) is 10.2 Å². The normalized spacial score (nSPS) is 12.0. The number of unbranched alkanes of at least 4 members (excludes halogenated alkanes) is 1. The molecule has 3 rings (SSSR count). The van der Waals surface area contributed by atoms with E-state index in [9.17, 15) is 18.0 Å². The molecule has 220 valence electrons. The summed E-state index contributed by atoms with van der Waals surface area (Å²) >= 11 is 13.0. The fraction of sp³-hybridized carbons (Fsp3) is 0.355. The predicted octanol–water partition coefficient (Wildman–Crippen LogP) is 5.88. The van der Waals surface area contributed by atoms with Gasteiger partial charge in [0.1, 0.15) is 12.6 Å². The van der Waals surface area contributed by atoms with Gasteiger partial charge in [0.25, 0.3) is 0 Å². The summed E-state index contributed by atoms with van der Waals surface area (Å²) in [5, 5.41) is 3.65. The van der Waals surface area contributed by atoms with Gasteiger partial charge in [-0.05, 0) is 42.2 Å². The summed E-state index contributed by atoms with van der Waals surface area (Å²) in [7, 11) is -3.86. The minimum Gasteiger partial charge on any atom is -0.354 e. The molecule has 1 N–H and O–H groups in total. The Balaban J connectivity index is 2.10. The van der Waals surface area contributed by atoms with E-state index >= 15 is 0 Å². The highest BCUT2D eigenvalue weighted by Crippen LogP contribution is 2.28. The van der Waals surface area contributed by atoms with E-state index in [1.165, 1.54) is 4.90 Å². The third-order valence-corrected chi connectivity index (χ3v) is 8.65. The first-order valence-corrected chi connectivity index (χ1v) is 16.3. The fourth-order valence-corrected chi connectivity index (χ4v) is 5.96. The lowest BCUT2D eigenvalue weighted by Crippen LogP contribution is -2.53. The van der Waals surface area contributed by atoms with E-state index in [1.54, 1.807) is 30.3 Å². The van der Waals surface area contributed by atoms with Gasteiger partial charge in [-0.15, -0.1) is 0 Å².